The zero-order chi connectivity index (χ0) is 17.3. The van der Waals surface area contributed by atoms with E-state index >= 15 is 0 Å². The summed E-state index contributed by atoms with van der Waals surface area (Å²) >= 11 is 3.38. The number of benzene rings is 2. The number of rotatable bonds is 3. The molecule has 0 aliphatic heterocycles. The van der Waals surface area contributed by atoms with Crippen molar-refractivity contribution in [2.45, 2.75) is 6.92 Å². The van der Waals surface area contributed by atoms with Crippen LogP contribution in [0, 0.1) is 18.3 Å². The van der Waals surface area contributed by atoms with Gasteiger partial charge in [-0.3, -0.25) is 0 Å². The average Bonchev–Trinajstić information content (AvgIpc) is 2.97. The molecule has 0 saturated carbocycles. The lowest BCUT2D eigenvalue weighted by molar-refractivity contribution is 0.373. The van der Waals surface area contributed by atoms with Crippen LogP contribution >= 0.6 is 15.9 Å². The van der Waals surface area contributed by atoms with Gasteiger partial charge in [0.05, 0.1) is 23.7 Å². The Morgan fingerprint density at radius 2 is 2.17 bits per heavy atom. The van der Waals surface area contributed by atoms with Crippen molar-refractivity contribution in [2.75, 3.05) is 7.11 Å². The molecule has 1 aromatic heterocycles. The highest BCUT2D eigenvalue weighted by atomic mass is 79.9. The first-order valence-corrected chi connectivity index (χ1v) is 7.96. The smallest absolute Gasteiger partial charge is 0.161 e. The molecule has 0 unspecified atom stereocenters. The molecule has 0 saturated heterocycles. The van der Waals surface area contributed by atoms with E-state index in [1.54, 1.807) is 12.1 Å². The minimum atomic E-state index is 0.0271. The van der Waals surface area contributed by atoms with Crippen LogP contribution in [0.2, 0.25) is 0 Å². The summed E-state index contributed by atoms with van der Waals surface area (Å²) in [4.78, 5) is 7.64. The first kappa shape index (κ1) is 16.1. The Kier molecular flexibility index (Phi) is 4.28. The minimum absolute atomic E-state index is 0.0271. The van der Waals surface area contributed by atoms with Crippen LogP contribution in [-0.4, -0.2) is 22.2 Å². The second-order valence-electron chi connectivity index (χ2n) is 5.32. The predicted molar refractivity (Wildman–Crippen MR) is 96.7 cm³/mol. The number of imidazole rings is 1. The molecule has 5 nitrogen and oxygen atoms in total. The molecule has 0 aliphatic carbocycles. The van der Waals surface area contributed by atoms with Crippen molar-refractivity contribution in [3.8, 4) is 17.6 Å². The molecule has 0 fully saturated rings. The number of aromatic nitrogens is 2. The van der Waals surface area contributed by atoms with Crippen LogP contribution in [0.3, 0.4) is 0 Å². The molecule has 0 spiro atoms. The Morgan fingerprint density at radius 1 is 1.38 bits per heavy atom. The SMILES string of the molecule is COc1cc(/C=C(/C#N)c2nc3ccc(C)cc3[nH]2)c(Br)cc1O. The summed E-state index contributed by atoms with van der Waals surface area (Å²) in [5.41, 5.74) is 3.90. The summed E-state index contributed by atoms with van der Waals surface area (Å²) in [5, 5.41) is 19.3. The number of allylic oxidation sites excluding steroid dienone is 1. The van der Waals surface area contributed by atoms with E-state index in [2.05, 4.69) is 32.0 Å². The van der Waals surface area contributed by atoms with E-state index in [4.69, 9.17) is 4.74 Å². The standard InChI is InChI=1S/C18H14BrN3O2/c1-10-3-4-14-15(5-10)22-18(21-14)12(9-20)6-11-7-17(24-2)16(23)8-13(11)19/h3-8,23H,1-2H3,(H,21,22)/b12-6-. The Hall–Kier alpha value is -2.78. The molecule has 0 amide bonds. The quantitative estimate of drug-likeness (QED) is 0.656. The maximum atomic E-state index is 9.79. The summed E-state index contributed by atoms with van der Waals surface area (Å²) < 4.78 is 5.77. The monoisotopic (exact) mass is 383 g/mol. The van der Waals surface area contributed by atoms with Crippen molar-refractivity contribution in [1.29, 1.82) is 5.26 Å². The average molecular weight is 384 g/mol. The van der Waals surface area contributed by atoms with Gasteiger partial charge in [0, 0.05) is 4.47 Å². The molecule has 24 heavy (non-hydrogen) atoms. The number of aromatic amines is 1. The Morgan fingerprint density at radius 3 is 2.88 bits per heavy atom. The molecule has 3 rings (SSSR count). The third-order valence-corrected chi connectivity index (χ3v) is 4.30. The second-order valence-corrected chi connectivity index (χ2v) is 6.18. The van der Waals surface area contributed by atoms with Crippen molar-refractivity contribution in [3.63, 3.8) is 0 Å². The number of fused-ring (bicyclic) bond motifs is 1. The van der Waals surface area contributed by atoms with Crippen molar-refractivity contribution in [3.05, 3.63) is 51.8 Å². The van der Waals surface area contributed by atoms with Gasteiger partial charge in [-0.2, -0.15) is 5.26 Å². The van der Waals surface area contributed by atoms with Gasteiger partial charge in [-0.25, -0.2) is 4.98 Å². The Labute approximate surface area is 147 Å². The zero-order valence-electron chi connectivity index (χ0n) is 13.1. The number of H-pyrrole nitrogens is 1. The lowest BCUT2D eigenvalue weighted by Crippen LogP contribution is -1.88. The number of methoxy groups -OCH3 is 1. The van der Waals surface area contributed by atoms with Crippen molar-refractivity contribution < 1.29 is 9.84 Å². The second kappa shape index (κ2) is 6.38. The van der Waals surface area contributed by atoms with Gasteiger partial charge in [0.1, 0.15) is 11.9 Å². The molecular formula is C18H14BrN3O2. The highest BCUT2D eigenvalue weighted by Gasteiger charge is 2.11. The number of phenolic OH excluding ortho intramolecular Hbond substituents is 1. The molecule has 3 aromatic rings. The Balaban J connectivity index is 2.10. The molecule has 0 bridgehead atoms. The van der Waals surface area contributed by atoms with Gasteiger partial charge < -0.3 is 14.8 Å². The number of hydrogen-bond donors (Lipinski definition) is 2. The lowest BCUT2D eigenvalue weighted by Gasteiger charge is -2.06. The van der Waals surface area contributed by atoms with E-state index in [-0.39, 0.29) is 5.75 Å². The van der Waals surface area contributed by atoms with Crippen molar-refractivity contribution >= 4 is 38.6 Å². The largest absolute Gasteiger partial charge is 0.504 e. The number of aromatic hydroxyl groups is 1. The third-order valence-electron chi connectivity index (χ3n) is 3.61. The van der Waals surface area contributed by atoms with Gasteiger partial charge in [-0.05, 0) is 48.4 Å². The van der Waals surface area contributed by atoms with Crippen LogP contribution in [0.5, 0.6) is 11.5 Å². The van der Waals surface area contributed by atoms with Crippen LogP contribution < -0.4 is 4.74 Å². The summed E-state index contributed by atoms with van der Waals surface area (Å²) in [6.07, 6.45) is 1.69. The van der Waals surface area contributed by atoms with Crippen LogP contribution in [0.15, 0.2) is 34.8 Å². The number of aryl methyl sites for hydroxylation is 1. The summed E-state index contributed by atoms with van der Waals surface area (Å²) in [6.45, 7) is 2.00. The maximum Gasteiger partial charge on any atom is 0.161 e. The molecule has 6 heteroatoms. The predicted octanol–water partition coefficient (Wildman–Crippen LogP) is 4.41. The van der Waals surface area contributed by atoms with E-state index in [9.17, 15) is 10.4 Å². The summed E-state index contributed by atoms with van der Waals surface area (Å²) in [6, 6.07) is 11.2. The van der Waals surface area contributed by atoms with Gasteiger partial charge in [-0.1, -0.05) is 22.0 Å². The first-order valence-electron chi connectivity index (χ1n) is 7.17. The van der Waals surface area contributed by atoms with Gasteiger partial charge in [0.25, 0.3) is 0 Å². The van der Waals surface area contributed by atoms with E-state index in [1.807, 2.05) is 25.1 Å². The van der Waals surface area contributed by atoms with Gasteiger partial charge in [0.2, 0.25) is 0 Å². The molecular weight excluding hydrogens is 370 g/mol. The molecule has 1 heterocycles. The van der Waals surface area contributed by atoms with E-state index in [0.29, 0.717) is 27.2 Å². The van der Waals surface area contributed by atoms with Crippen LogP contribution in [0.1, 0.15) is 17.0 Å². The van der Waals surface area contributed by atoms with E-state index in [0.717, 1.165) is 16.6 Å². The van der Waals surface area contributed by atoms with Crippen molar-refractivity contribution in [2.24, 2.45) is 0 Å². The number of nitrogens with one attached hydrogen (secondary N) is 1. The zero-order valence-corrected chi connectivity index (χ0v) is 14.7. The highest BCUT2D eigenvalue weighted by Crippen LogP contribution is 2.34. The minimum Gasteiger partial charge on any atom is -0.504 e. The fourth-order valence-electron chi connectivity index (χ4n) is 2.39. The van der Waals surface area contributed by atoms with Gasteiger partial charge in [0.15, 0.2) is 11.5 Å². The Bertz CT molecular complexity index is 999. The number of nitriles is 1. The van der Waals surface area contributed by atoms with Gasteiger partial charge >= 0.3 is 0 Å². The van der Waals surface area contributed by atoms with Crippen LogP contribution in [-0.2, 0) is 0 Å². The fraction of sp³-hybridized carbons (Fsp3) is 0.111. The third kappa shape index (κ3) is 2.99. The van der Waals surface area contributed by atoms with Crippen LogP contribution in [0.25, 0.3) is 22.7 Å². The molecule has 2 N–H and O–H groups in total. The number of nitrogens with zero attached hydrogens (tertiary/aromatic N) is 2. The molecule has 0 atom stereocenters. The molecule has 120 valence electrons. The summed E-state index contributed by atoms with van der Waals surface area (Å²) in [5.74, 6) is 0.859. The van der Waals surface area contributed by atoms with E-state index < -0.39 is 0 Å². The summed E-state index contributed by atoms with van der Waals surface area (Å²) in [7, 11) is 1.48. The normalized spacial score (nSPS) is 11.5. The highest BCUT2D eigenvalue weighted by molar-refractivity contribution is 9.10. The van der Waals surface area contributed by atoms with E-state index in [1.165, 1.54) is 13.2 Å². The topological polar surface area (TPSA) is 81.9 Å². The number of hydrogen-bond acceptors (Lipinski definition) is 4. The maximum absolute atomic E-state index is 9.79. The van der Waals surface area contributed by atoms with Crippen molar-refractivity contribution in [1.82, 2.24) is 9.97 Å². The number of phenols is 1. The number of ether oxygens (including phenoxy) is 1. The molecule has 0 aliphatic rings. The lowest BCUT2D eigenvalue weighted by atomic mass is 10.1. The van der Waals surface area contributed by atoms with Crippen LogP contribution in [0.4, 0.5) is 0 Å². The first-order chi connectivity index (χ1) is 11.5. The fourth-order valence-corrected chi connectivity index (χ4v) is 2.84. The van der Waals surface area contributed by atoms with Gasteiger partial charge in [-0.15, -0.1) is 0 Å². The number of halogens is 1. The molecule has 0 radical (unpaired) electrons. The molecule has 2 aromatic carbocycles.